The van der Waals surface area contributed by atoms with Gasteiger partial charge in [0.2, 0.25) is 0 Å². The van der Waals surface area contributed by atoms with E-state index in [9.17, 15) is 5.11 Å². The Morgan fingerprint density at radius 2 is 1.86 bits per heavy atom. The number of hydrogen-bond donors (Lipinski definition) is 2. The van der Waals surface area contributed by atoms with Crippen LogP contribution in [0.4, 0.5) is 0 Å². The molecule has 108 valence electrons. The zero-order valence-corrected chi connectivity index (χ0v) is 11.9. The lowest BCUT2D eigenvalue weighted by Crippen LogP contribution is -2.02. The molecule has 0 unspecified atom stereocenters. The number of phenols is 1. The maximum Gasteiger partial charge on any atom is 0.128 e. The van der Waals surface area contributed by atoms with E-state index in [1.54, 1.807) is 24.3 Å². The lowest BCUT2D eigenvalue weighted by molar-refractivity contribution is 0.297. The highest BCUT2D eigenvalue weighted by Gasteiger charge is 2.07. The molecule has 0 saturated heterocycles. The quantitative estimate of drug-likeness (QED) is 0.773. The van der Waals surface area contributed by atoms with E-state index in [-0.39, 0.29) is 5.75 Å². The maximum absolute atomic E-state index is 9.26. The average molecular weight is 282 g/mol. The largest absolute Gasteiger partial charge is 0.508 e. The molecule has 4 heteroatoms. The van der Waals surface area contributed by atoms with Gasteiger partial charge in [0.15, 0.2) is 0 Å². The Morgan fingerprint density at radius 3 is 2.57 bits per heavy atom. The zero-order chi connectivity index (χ0) is 14.8. The molecule has 0 spiro atoms. The molecular formula is C17H18N2O2. The van der Waals surface area contributed by atoms with Crippen LogP contribution >= 0.6 is 0 Å². The second-order valence-electron chi connectivity index (χ2n) is 5.07. The third-order valence-electron chi connectivity index (χ3n) is 3.67. The number of aromatic nitrogens is 1. The van der Waals surface area contributed by atoms with Gasteiger partial charge in [0.05, 0.1) is 5.69 Å². The van der Waals surface area contributed by atoms with Gasteiger partial charge in [-0.1, -0.05) is 12.1 Å². The van der Waals surface area contributed by atoms with E-state index in [1.165, 1.54) is 5.39 Å². The lowest BCUT2D eigenvalue weighted by atomic mass is 10.1. The van der Waals surface area contributed by atoms with Crippen LogP contribution in [-0.4, -0.2) is 9.67 Å². The van der Waals surface area contributed by atoms with Gasteiger partial charge in [-0.15, -0.1) is 0 Å². The molecule has 1 aromatic heterocycles. The van der Waals surface area contributed by atoms with Gasteiger partial charge in [-0.2, -0.15) is 0 Å². The number of nitrogens with zero attached hydrogens (tertiary/aromatic N) is 1. The highest BCUT2D eigenvalue weighted by Crippen LogP contribution is 2.22. The summed E-state index contributed by atoms with van der Waals surface area (Å²) >= 11 is 0. The number of aromatic hydroxyl groups is 1. The smallest absolute Gasteiger partial charge is 0.128 e. The number of ether oxygens (including phenoxy) is 1. The molecule has 1 heterocycles. The van der Waals surface area contributed by atoms with Crippen molar-refractivity contribution in [1.82, 2.24) is 4.57 Å². The number of nitrogens with two attached hydrogens (primary N) is 1. The summed E-state index contributed by atoms with van der Waals surface area (Å²) in [5, 5.41) is 10.4. The SMILES string of the molecule is Cn1c(COc2ccc(O)cc2)cc2ccc(CN)cc21. The molecule has 0 radical (unpaired) electrons. The van der Waals surface area contributed by atoms with Crippen LogP contribution in [0.25, 0.3) is 10.9 Å². The van der Waals surface area contributed by atoms with Crippen molar-refractivity contribution in [3.63, 3.8) is 0 Å². The second kappa shape index (κ2) is 5.50. The first-order chi connectivity index (χ1) is 10.2. The predicted octanol–water partition coefficient (Wildman–Crippen LogP) is 2.92. The summed E-state index contributed by atoms with van der Waals surface area (Å²) in [5.74, 6) is 0.974. The Balaban J connectivity index is 1.83. The van der Waals surface area contributed by atoms with Crippen molar-refractivity contribution in [3.05, 3.63) is 59.8 Å². The number of rotatable bonds is 4. The molecule has 0 fully saturated rings. The van der Waals surface area contributed by atoms with Gasteiger partial charge in [0.25, 0.3) is 0 Å². The minimum atomic E-state index is 0.237. The van der Waals surface area contributed by atoms with Crippen molar-refractivity contribution in [2.24, 2.45) is 12.8 Å². The van der Waals surface area contributed by atoms with E-state index in [2.05, 4.69) is 22.8 Å². The number of benzene rings is 2. The zero-order valence-electron chi connectivity index (χ0n) is 11.9. The molecule has 0 amide bonds. The summed E-state index contributed by atoms with van der Waals surface area (Å²) in [6.07, 6.45) is 0. The van der Waals surface area contributed by atoms with E-state index in [1.807, 2.05) is 13.1 Å². The molecule has 21 heavy (non-hydrogen) atoms. The van der Waals surface area contributed by atoms with Crippen LogP contribution < -0.4 is 10.5 Å². The second-order valence-corrected chi connectivity index (χ2v) is 5.07. The summed E-state index contributed by atoms with van der Waals surface area (Å²) in [6.45, 7) is 1.02. The molecule has 0 aliphatic carbocycles. The first kappa shape index (κ1) is 13.5. The van der Waals surface area contributed by atoms with Crippen LogP contribution in [-0.2, 0) is 20.2 Å². The van der Waals surface area contributed by atoms with Crippen LogP contribution in [0, 0.1) is 0 Å². The van der Waals surface area contributed by atoms with Crippen LogP contribution in [0.2, 0.25) is 0 Å². The summed E-state index contributed by atoms with van der Waals surface area (Å²) in [7, 11) is 2.03. The Kier molecular flexibility index (Phi) is 3.54. The van der Waals surface area contributed by atoms with Crippen molar-refractivity contribution in [3.8, 4) is 11.5 Å². The molecule has 2 aromatic carbocycles. The third kappa shape index (κ3) is 2.71. The Bertz CT molecular complexity index is 760. The van der Waals surface area contributed by atoms with Crippen LogP contribution in [0.3, 0.4) is 0 Å². The molecule has 0 aliphatic rings. The summed E-state index contributed by atoms with van der Waals surface area (Å²) in [6, 6.07) is 15.1. The Labute approximate surface area is 123 Å². The van der Waals surface area contributed by atoms with Gasteiger partial charge in [0, 0.05) is 19.1 Å². The number of fused-ring (bicyclic) bond motifs is 1. The van der Waals surface area contributed by atoms with Gasteiger partial charge >= 0.3 is 0 Å². The van der Waals surface area contributed by atoms with E-state index in [4.69, 9.17) is 10.5 Å². The number of aryl methyl sites for hydroxylation is 1. The molecule has 0 bridgehead atoms. The highest BCUT2D eigenvalue weighted by molar-refractivity contribution is 5.82. The fraction of sp³-hybridized carbons (Fsp3) is 0.176. The lowest BCUT2D eigenvalue weighted by Gasteiger charge is -2.08. The Morgan fingerprint density at radius 1 is 1.10 bits per heavy atom. The van der Waals surface area contributed by atoms with Gasteiger partial charge in [-0.3, -0.25) is 0 Å². The normalized spacial score (nSPS) is 11.0. The van der Waals surface area contributed by atoms with Gasteiger partial charge in [-0.05, 0) is 47.3 Å². The van der Waals surface area contributed by atoms with Crippen LogP contribution in [0.1, 0.15) is 11.3 Å². The van der Waals surface area contributed by atoms with E-state index >= 15 is 0 Å². The van der Waals surface area contributed by atoms with Crippen molar-refractivity contribution in [2.75, 3.05) is 0 Å². The summed E-state index contributed by atoms with van der Waals surface area (Å²) in [4.78, 5) is 0. The van der Waals surface area contributed by atoms with E-state index in [0.29, 0.717) is 13.2 Å². The van der Waals surface area contributed by atoms with E-state index in [0.717, 1.165) is 22.5 Å². The topological polar surface area (TPSA) is 60.4 Å². The monoisotopic (exact) mass is 282 g/mol. The van der Waals surface area contributed by atoms with Crippen LogP contribution in [0.5, 0.6) is 11.5 Å². The molecule has 0 saturated carbocycles. The molecule has 3 N–H and O–H groups in total. The summed E-state index contributed by atoms with van der Waals surface area (Å²) in [5.41, 5.74) is 9.06. The van der Waals surface area contributed by atoms with Crippen molar-refractivity contribution >= 4 is 10.9 Å². The Hall–Kier alpha value is -2.46. The third-order valence-corrected chi connectivity index (χ3v) is 3.67. The molecule has 3 rings (SSSR count). The van der Waals surface area contributed by atoms with Gasteiger partial charge in [0.1, 0.15) is 18.1 Å². The number of phenolic OH excluding ortho intramolecular Hbond substituents is 1. The fourth-order valence-corrected chi connectivity index (χ4v) is 2.40. The van der Waals surface area contributed by atoms with Gasteiger partial charge in [-0.25, -0.2) is 0 Å². The van der Waals surface area contributed by atoms with Crippen LogP contribution in [0.15, 0.2) is 48.5 Å². The molecule has 0 aliphatic heterocycles. The first-order valence-electron chi connectivity index (χ1n) is 6.86. The minimum Gasteiger partial charge on any atom is -0.508 e. The van der Waals surface area contributed by atoms with Crippen molar-refractivity contribution in [2.45, 2.75) is 13.2 Å². The predicted molar refractivity (Wildman–Crippen MR) is 83.2 cm³/mol. The molecule has 4 nitrogen and oxygen atoms in total. The first-order valence-corrected chi connectivity index (χ1v) is 6.86. The molecule has 0 atom stereocenters. The highest BCUT2D eigenvalue weighted by atomic mass is 16.5. The average Bonchev–Trinajstić information content (AvgIpc) is 2.82. The van der Waals surface area contributed by atoms with E-state index < -0.39 is 0 Å². The van der Waals surface area contributed by atoms with Crippen molar-refractivity contribution < 1.29 is 9.84 Å². The fourth-order valence-electron chi connectivity index (χ4n) is 2.40. The maximum atomic E-state index is 9.26. The summed E-state index contributed by atoms with van der Waals surface area (Å²) < 4.78 is 7.88. The minimum absolute atomic E-state index is 0.237. The van der Waals surface area contributed by atoms with Gasteiger partial charge < -0.3 is 20.1 Å². The number of hydrogen-bond acceptors (Lipinski definition) is 3. The standard InChI is InChI=1S/C17H18N2O2/c1-19-14(11-21-16-6-4-15(20)5-7-16)9-13-3-2-12(10-18)8-17(13)19/h2-9,20H,10-11,18H2,1H3. The van der Waals surface area contributed by atoms with Crippen molar-refractivity contribution in [1.29, 1.82) is 0 Å². The molecule has 3 aromatic rings. The molecular weight excluding hydrogens is 264 g/mol.